The molecule has 0 saturated heterocycles. The highest BCUT2D eigenvalue weighted by molar-refractivity contribution is 7.96. The van der Waals surface area contributed by atoms with Gasteiger partial charge in [-0.05, 0) is 12.3 Å². The van der Waals surface area contributed by atoms with E-state index in [2.05, 4.69) is 11.9 Å². The summed E-state index contributed by atoms with van der Waals surface area (Å²) < 4.78 is 6.84. The van der Waals surface area contributed by atoms with Crippen molar-refractivity contribution in [2.45, 2.75) is 13.3 Å². The minimum absolute atomic E-state index is 0.0608. The van der Waals surface area contributed by atoms with Gasteiger partial charge in [-0.1, -0.05) is 18.9 Å². The fourth-order valence-electron chi connectivity index (χ4n) is 1.62. The molecule has 0 spiro atoms. The van der Waals surface area contributed by atoms with Crippen molar-refractivity contribution < 1.29 is 9.21 Å². The number of amides is 1. The maximum atomic E-state index is 11.8. The molecule has 0 saturated carbocycles. The molecule has 0 fully saturated rings. The predicted octanol–water partition coefficient (Wildman–Crippen LogP) is 1.59. The average molecular weight is 212 g/mol. The van der Waals surface area contributed by atoms with Gasteiger partial charge >= 0.3 is 5.91 Å². The molecule has 1 aromatic rings. The van der Waals surface area contributed by atoms with Crippen molar-refractivity contribution >= 4 is 17.9 Å². The van der Waals surface area contributed by atoms with E-state index in [-0.39, 0.29) is 5.91 Å². The van der Waals surface area contributed by atoms with E-state index in [0.29, 0.717) is 11.7 Å². The standard InChI is InChI=1S/C9H12N2O2S/c1-6-3-7-8(13-5-10-7)9(12)11(4-6)14-2/h5-6H,3-4H2,1-2H3/t6-/m0/s1. The van der Waals surface area contributed by atoms with Gasteiger partial charge in [0.2, 0.25) is 5.76 Å². The highest BCUT2D eigenvalue weighted by Gasteiger charge is 2.29. The van der Waals surface area contributed by atoms with Gasteiger partial charge in [0, 0.05) is 12.8 Å². The molecule has 0 unspecified atom stereocenters. The first-order chi connectivity index (χ1) is 6.72. The number of carbonyl (C=O) groups excluding carboxylic acids is 1. The van der Waals surface area contributed by atoms with Crippen LogP contribution in [0.5, 0.6) is 0 Å². The van der Waals surface area contributed by atoms with Crippen molar-refractivity contribution in [3.63, 3.8) is 0 Å². The summed E-state index contributed by atoms with van der Waals surface area (Å²) in [6.07, 6.45) is 4.06. The van der Waals surface area contributed by atoms with Gasteiger partial charge in [-0.25, -0.2) is 4.98 Å². The third-order valence-corrected chi connectivity index (χ3v) is 3.06. The molecule has 1 atom stereocenters. The van der Waals surface area contributed by atoms with Crippen molar-refractivity contribution in [3.05, 3.63) is 17.8 Å². The lowest BCUT2D eigenvalue weighted by Gasteiger charge is -2.18. The molecule has 2 rings (SSSR count). The van der Waals surface area contributed by atoms with E-state index in [1.165, 1.54) is 18.3 Å². The van der Waals surface area contributed by atoms with Gasteiger partial charge in [0.1, 0.15) is 0 Å². The highest BCUT2D eigenvalue weighted by atomic mass is 32.2. The number of hydrogen-bond donors (Lipinski definition) is 0. The van der Waals surface area contributed by atoms with Crippen LogP contribution in [0, 0.1) is 5.92 Å². The van der Waals surface area contributed by atoms with Crippen molar-refractivity contribution in [3.8, 4) is 0 Å². The van der Waals surface area contributed by atoms with Crippen LogP contribution in [-0.4, -0.2) is 28.0 Å². The van der Waals surface area contributed by atoms with E-state index >= 15 is 0 Å². The Morgan fingerprint density at radius 2 is 2.50 bits per heavy atom. The predicted molar refractivity (Wildman–Crippen MR) is 53.9 cm³/mol. The van der Waals surface area contributed by atoms with Crippen LogP contribution in [0.1, 0.15) is 23.2 Å². The number of fused-ring (bicyclic) bond motifs is 1. The normalized spacial score (nSPS) is 22.0. The van der Waals surface area contributed by atoms with Gasteiger partial charge in [0.25, 0.3) is 0 Å². The molecule has 1 aromatic heterocycles. The summed E-state index contributed by atoms with van der Waals surface area (Å²) >= 11 is 1.43. The Bertz CT molecular complexity index is 350. The summed E-state index contributed by atoms with van der Waals surface area (Å²) in [6, 6.07) is 0. The smallest absolute Gasteiger partial charge is 0.301 e. The third kappa shape index (κ3) is 1.52. The monoisotopic (exact) mass is 212 g/mol. The fourth-order valence-corrected chi connectivity index (χ4v) is 2.27. The van der Waals surface area contributed by atoms with Gasteiger partial charge in [0.05, 0.1) is 5.69 Å². The first-order valence-corrected chi connectivity index (χ1v) is 5.69. The molecule has 4 nitrogen and oxygen atoms in total. The number of rotatable bonds is 1. The quantitative estimate of drug-likeness (QED) is 0.663. The van der Waals surface area contributed by atoms with Gasteiger partial charge < -0.3 is 4.42 Å². The third-order valence-electron chi connectivity index (χ3n) is 2.30. The van der Waals surface area contributed by atoms with Crippen LogP contribution in [0.2, 0.25) is 0 Å². The van der Waals surface area contributed by atoms with Gasteiger partial charge in [-0.2, -0.15) is 0 Å². The van der Waals surface area contributed by atoms with E-state index < -0.39 is 0 Å². The average Bonchev–Trinajstić information content (AvgIpc) is 2.57. The molecule has 1 aliphatic heterocycles. The second-order valence-corrected chi connectivity index (χ2v) is 4.29. The summed E-state index contributed by atoms with van der Waals surface area (Å²) in [5, 5.41) is 0. The van der Waals surface area contributed by atoms with Crippen molar-refractivity contribution in [2.75, 3.05) is 12.8 Å². The lowest BCUT2D eigenvalue weighted by atomic mass is 10.1. The molecule has 76 valence electrons. The molecular formula is C9H12N2O2S. The van der Waals surface area contributed by atoms with Crippen LogP contribution in [0.25, 0.3) is 0 Å². The number of carbonyl (C=O) groups is 1. The summed E-state index contributed by atoms with van der Waals surface area (Å²) in [5.41, 5.74) is 0.791. The largest absolute Gasteiger partial charge is 0.438 e. The second-order valence-electron chi connectivity index (χ2n) is 3.49. The first kappa shape index (κ1) is 9.58. The molecule has 0 radical (unpaired) electrons. The molecule has 5 heteroatoms. The Kier molecular flexibility index (Phi) is 2.50. The SMILES string of the molecule is CSN1C[C@@H](C)Cc2ncoc2C1=O. The Hall–Kier alpha value is -0.970. The van der Waals surface area contributed by atoms with Gasteiger partial charge in [-0.3, -0.25) is 9.10 Å². The lowest BCUT2D eigenvalue weighted by molar-refractivity contribution is 0.0839. The zero-order valence-corrected chi connectivity index (χ0v) is 9.00. The maximum absolute atomic E-state index is 11.8. The minimum atomic E-state index is -0.0608. The summed E-state index contributed by atoms with van der Waals surface area (Å²) in [6.45, 7) is 2.87. The Balaban J connectivity index is 2.37. The molecule has 0 bridgehead atoms. The van der Waals surface area contributed by atoms with E-state index in [4.69, 9.17) is 4.42 Å². The van der Waals surface area contributed by atoms with Crippen molar-refractivity contribution in [1.82, 2.24) is 9.29 Å². The molecule has 14 heavy (non-hydrogen) atoms. The van der Waals surface area contributed by atoms with Crippen LogP contribution in [-0.2, 0) is 6.42 Å². The number of hydrogen-bond acceptors (Lipinski definition) is 4. The Morgan fingerprint density at radius 1 is 1.71 bits per heavy atom. The zero-order valence-electron chi connectivity index (χ0n) is 8.19. The number of aromatic nitrogens is 1. The van der Waals surface area contributed by atoms with E-state index in [9.17, 15) is 4.79 Å². The molecule has 0 aromatic carbocycles. The van der Waals surface area contributed by atoms with Gasteiger partial charge in [0.15, 0.2) is 6.39 Å². The van der Waals surface area contributed by atoms with E-state index in [0.717, 1.165) is 18.7 Å². The zero-order chi connectivity index (χ0) is 10.1. The van der Waals surface area contributed by atoms with Crippen LogP contribution >= 0.6 is 11.9 Å². The maximum Gasteiger partial charge on any atom is 0.301 e. The molecule has 1 amide bonds. The van der Waals surface area contributed by atoms with Gasteiger partial charge in [-0.15, -0.1) is 0 Å². The van der Waals surface area contributed by atoms with Crippen molar-refractivity contribution in [2.24, 2.45) is 5.92 Å². The second kappa shape index (κ2) is 3.65. The first-order valence-electron chi connectivity index (χ1n) is 4.50. The Morgan fingerprint density at radius 3 is 3.21 bits per heavy atom. The highest BCUT2D eigenvalue weighted by Crippen LogP contribution is 2.24. The van der Waals surface area contributed by atoms with Crippen LogP contribution in [0.15, 0.2) is 10.8 Å². The number of oxazole rings is 1. The lowest BCUT2D eigenvalue weighted by Crippen LogP contribution is -2.26. The van der Waals surface area contributed by atoms with Crippen LogP contribution in [0.3, 0.4) is 0 Å². The fraction of sp³-hybridized carbons (Fsp3) is 0.556. The molecule has 2 heterocycles. The topological polar surface area (TPSA) is 46.3 Å². The van der Waals surface area contributed by atoms with E-state index in [1.54, 1.807) is 4.31 Å². The summed E-state index contributed by atoms with van der Waals surface area (Å²) in [5.74, 6) is 0.774. The summed E-state index contributed by atoms with van der Waals surface area (Å²) in [7, 11) is 0. The Labute approximate surface area is 86.8 Å². The van der Waals surface area contributed by atoms with Crippen LogP contribution < -0.4 is 0 Å². The number of nitrogens with zero attached hydrogens (tertiary/aromatic N) is 2. The molecule has 1 aliphatic rings. The molecule has 0 N–H and O–H groups in total. The van der Waals surface area contributed by atoms with Crippen molar-refractivity contribution in [1.29, 1.82) is 0 Å². The van der Waals surface area contributed by atoms with E-state index in [1.807, 2.05) is 6.26 Å². The minimum Gasteiger partial charge on any atom is -0.438 e. The molecule has 0 aliphatic carbocycles. The molecular weight excluding hydrogens is 200 g/mol. The summed E-state index contributed by atoms with van der Waals surface area (Å²) in [4.78, 5) is 15.9. The van der Waals surface area contributed by atoms with Crippen LogP contribution in [0.4, 0.5) is 0 Å².